The van der Waals surface area contributed by atoms with Crippen LogP contribution in [-0.4, -0.2) is 12.2 Å². The number of hydrogen-bond acceptors (Lipinski definition) is 3. The zero-order chi connectivity index (χ0) is 19.0. The Hall–Kier alpha value is -2.47. The van der Waals surface area contributed by atoms with Crippen LogP contribution >= 0.6 is 35.4 Å². The first-order valence-electron chi connectivity index (χ1n) is 8.07. The van der Waals surface area contributed by atoms with Gasteiger partial charge in [0, 0.05) is 22.5 Å². The lowest BCUT2D eigenvalue weighted by Crippen LogP contribution is -2.19. The predicted octanol–water partition coefficient (Wildman–Crippen LogP) is 6.71. The first kappa shape index (κ1) is 17.9. The fraction of sp³-hybridized carbons (Fsp3) is 0.0500. The van der Waals surface area contributed by atoms with Crippen molar-refractivity contribution in [2.45, 2.75) is 0 Å². The minimum atomic E-state index is 0.391. The van der Waals surface area contributed by atoms with Crippen LogP contribution in [0.2, 0.25) is 10.0 Å². The van der Waals surface area contributed by atoms with Crippen LogP contribution in [0.3, 0.4) is 0 Å². The molecule has 0 bridgehead atoms. The summed E-state index contributed by atoms with van der Waals surface area (Å²) in [5.74, 6) is 0.660. The summed E-state index contributed by atoms with van der Waals surface area (Å²) < 4.78 is 11.5. The fourth-order valence-electron chi connectivity index (χ4n) is 2.88. The van der Waals surface area contributed by atoms with Crippen LogP contribution < -0.4 is 15.4 Å². The molecule has 0 unspecified atom stereocenters. The Labute approximate surface area is 171 Å². The Bertz CT molecular complexity index is 1170. The van der Waals surface area contributed by atoms with Gasteiger partial charge in [-0.2, -0.15) is 0 Å². The molecule has 4 rings (SSSR count). The summed E-state index contributed by atoms with van der Waals surface area (Å²) in [7, 11) is 1.62. The molecule has 2 N–H and O–H groups in total. The lowest BCUT2D eigenvalue weighted by atomic mass is 10.1. The van der Waals surface area contributed by atoms with Gasteiger partial charge in [0.1, 0.15) is 16.9 Å². The van der Waals surface area contributed by atoms with Gasteiger partial charge in [0.15, 0.2) is 5.11 Å². The van der Waals surface area contributed by atoms with Gasteiger partial charge in [0.25, 0.3) is 0 Å². The van der Waals surface area contributed by atoms with Crippen molar-refractivity contribution >= 4 is 73.8 Å². The molecule has 1 aromatic heterocycles. The van der Waals surface area contributed by atoms with E-state index in [0.717, 1.165) is 27.6 Å². The lowest BCUT2D eigenvalue weighted by molar-refractivity contribution is 0.417. The number of furan rings is 1. The number of rotatable bonds is 3. The highest BCUT2D eigenvalue weighted by atomic mass is 35.5. The van der Waals surface area contributed by atoms with Gasteiger partial charge in [0.2, 0.25) is 0 Å². The molecule has 4 aromatic rings. The number of ether oxygens (including phenoxy) is 1. The van der Waals surface area contributed by atoms with Crippen molar-refractivity contribution in [2.24, 2.45) is 0 Å². The number of hydrogen-bond donors (Lipinski definition) is 2. The van der Waals surface area contributed by atoms with E-state index < -0.39 is 0 Å². The number of methoxy groups -OCH3 is 1. The molecule has 0 atom stereocenters. The van der Waals surface area contributed by atoms with Crippen molar-refractivity contribution < 1.29 is 9.15 Å². The van der Waals surface area contributed by atoms with Crippen LogP contribution in [0.4, 0.5) is 11.4 Å². The standard InChI is InChI=1S/C20H14Cl2N2O2S/c1-25-19-9-13-12-4-2-3-5-17(12)26-18(13)10-16(19)24-20(27)23-11-6-7-14(21)15(22)8-11/h2-10H,1H3,(H2,23,24,27). The highest BCUT2D eigenvalue weighted by molar-refractivity contribution is 7.80. The van der Waals surface area contributed by atoms with E-state index in [2.05, 4.69) is 10.6 Å². The summed E-state index contributed by atoms with van der Waals surface area (Å²) in [6.07, 6.45) is 0. The Balaban J connectivity index is 1.64. The molecule has 0 fully saturated rings. The van der Waals surface area contributed by atoms with Crippen molar-refractivity contribution in [1.82, 2.24) is 0 Å². The fourth-order valence-corrected chi connectivity index (χ4v) is 3.40. The summed E-state index contributed by atoms with van der Waals surface area (Å²) in [5.41, 5.74) is 2.99. The maximum Gasteiger partial charge on any atom is 0.175 e. The van der Waals surface area contributed by atoms with Gasteiger partial charge < -0.3 is 19.8 Å². The number of benzene rings is 3. The smallest absolute Gasteiger partial charge is 0.175 e. The van der Waals surface area contributed by atoms with Gasteiger partial charge in [-0.05, 0) is 42.5 Å². The van der Waals surface area contributed by atoms with Gasteiger partial charge in [0.05, 0.1) is 22.8 Å². The molecule has 27 heavy (non-hydrogen) atoms. The molecule has 0 aliphatic heterocycles. The molecule has 0 saturated heterocycles. The molecule has 136 valence electrons. The van der Waals surface area contributed by atoms with E-state index in [-0.39, 0.29) is 0 Å². The number of para-hydroxylation sites is 1. The lowest BCUT2D eigenvalue weighted by Gasteiger charge is -2.14. The first-order valence-corrected chi connectivity index (χ1v) is 9.24. The van der Waals surface area contributed by atoms with E-state index in [1.807, 2.05) is 36.4 Å². The summed E-state index contributed by atoms with van der Waals surface area (Å²) in [5, 5.41) is 9.56. The molecule has 0 spiro atoms. The topological polar surface area (TPSA) is 46.4 Å². The molecule has 1 heterocycles. The summed E-state index contributed by atoms with van der Waals surface area (Å²) >= 11 is 17.4. The minimum Gasteiger partial charge on any atom is -0.495 e. The number of fused-ring (bicyclic) bond motifs is 3. The van der Waals surface area contributed by atoms with Gasteiger partial charge in [-0.3, -0.25) is 0 Å². The van der Waals surface area contributed by atoms with Crippen LogP contribution in [-0.2, 0) is 0 Å². The monoisotopic (exact) mass is 416 g/mol. The van der Waals surface area contributed by atoms with Crippen molar-refractivity contribution in [2.75, 3.05) is 17.7 Å². The highest BCUT2D eigenvalue weighted by Gasteiger charge is 2.13. The Morgan fingerprint density at radius 2 is 1.74 bits per heavy atom. The number of thiocarbonyl (C=S) groups is 1. The zero-order valence-electron chi connectivity index (χ0n) is 14.2. The van der Waals surface area contributed by atoms with E-state index in [9.17, 15) is 0 Å². The average Bonchev–Trinajstić information content (AvgIpc) is 3.01. The van der Waals surface area contributed by atoms with E-state index >= 15 is 0 Å². The molecule has 0 saturated carbocycles. The van der Waals surface area contributed by atoms with Crippen LogP contribution in [0, 0.1) is 0 Å². The molecule has 0 aliphatic rings. The molecule has 0 amide bonds. The third-order valence-electron chi connectivity index (χ3n) is 4.12. The molecule has 7 heteroatoms. The van der Waals surface area contributed by atoms with E-state index in [1.165, 1.54) is 0 Å². The second kappa shape index (κ2) is 7.27. The predicted molar refractivity (Wildman–Crippen MR) is 117 cm³/mol. The molecular weight excluding hydrogens is 403 g/mol. The highest BCUT2D eigenvalue weighted by Crippen LogP contribution is 2.36. The van der Waals surface area contributed by atoms with Crippen molar-refractivity contribution in [1.29, 1.82) is 0 Å². The number of halogens is 2. The van der Waals surface area contributed by atoms with Crippen LogP contribution in [0.15, 0.2) is 59.0 Å². The van der Waals surface area contributed by atoms with Crippen molar-refractivity contribution in [3.05, 3.63) is 64.6 Å². The maximum atomic E-state index is 6.04. The minimum absolute atomic E-state index is 0.391. The molecule has 3 aromatic carbocycles. The third kappa shape index (κ3) is 3.54. The largest absolute Gasteiger partial charge is 0.495 e. The van der Waals surface area contributed by atoms with Crippen molar-refractivity contribution in [3.63, 3.8) is 0 Å². The van der Waals surface area contributed by atoms with Crippen LogP contribution in [0.5, 0.6) is 5.75 Å². The average molecular weight is 417 g/mol. The molecular formula is C20H14Cl2N2O2S. The zero-order valence-corrected chi connectivity index (χ0v) is 16.5. The summed E-state index contributed by atoms with van der Waals surface area (Å²) in [6.45, 7) is 0. The summed E-state index contributed by atoms with van der Waals surface area (Å²) in [4.78, 5) is 0. The van der Waals surface area contributed by atoms with Gasteiger partial charge in [-0.1, -0.05) is 41.4 Å². The van der Waals surface area contributed by atoms with Gasteiger partial charge in [-0.25, -0.2) is 0 Å². The van der Waals surface area contributed by atoms with Crippen molar-refractivity contribution in [3.8, 4) is 5.75 Å². The van der Waals surface area contributed by atoms with Gasteiger partial charge in [-0.15, -0.1) is 0 Å². The normalized spacial score (nSPS) is 10.9. The third-order valence-corrected chi connectivity index (χ3v) is 5.07. The Morgan fingerprint density at radius 1 is 0.926 bits per heavy atom. The van der Waals surface area contributed by atoms with E-state index in [1.54, 1.807) is 25.3 Å². The Morgan fingerprint density at radius 3 is 2.52 bits per heavy atom. The second-order valence-corrected chi connectivity index (χ2v) is 7.08. The number of nitrogens with one attached hydrogen (secondary N) is 2. The summed E-state index contributed by atoms with van der Waals surface area (Å²) in [6, 6.07) is 16.9. The molecule has 4 nitrogen and oxygen atoms in total. The first-order chi connectivity index (χ1) is 13.0. The molecule has 0 radical (unpaired) electrons. The van der Waals surface area contributed by atoms with E-state index in [4.69, 9.17) is 44.6 Å². The maximum absolute atomic E-state index is 6.04. The number of anilines is 2. The van der Waals surface area contributed by atoms with E-state index in [0.29, 0.717) is 26.6 Å². The second-order valence-electron chi connectivity index (χ2n) is 5.85. The van der Waals surface area contributed by atoms with Gasteiger partial charge >= 0.3 is 0 Å². The Kier molecular flexibility index (Phi) is 4.83. The van der Waals surface area contributed by atoms with Crippen LogP contribution in [0.25, 0.3) is 21.9 Å². The quantitative estimate of drug-likeness (QED) is 0.363. The van der Waals surface area contributed by atoms with Crippen LogP contribution in [0.1, 0.15) is 0 Å². The molecule has 0 aliphatic carbocycles. The SMILES string of the molecule is COc1cc2c(cc1NC(=S)Nc1ccc(Cl)c(Cl)c1)oc1ccccc12.